The molecule has 128 valence electrons. The third-order valence-electron chi connectivity index (χ3n) is 6.32. The van der Waals surface area contributed by atoms with E-state index in [2.05, 4.69) is 38.2 Å². The van der Waals surface area contributed by atoms with Crippen LogP contribution < -0.4 is 5.32 Å². The highest BCUT2D eigenvalue weighted by atomic mass is 16.2. The van der Waals surface area contributed by atoms with Crippen molar-refractivity contribution in [1.82, 2.24) is 5.32 Å². The van der Waals surface area contributed by atoms with Gasteiger partial charge in [0.25, 0.3) is 0 Å². The Morgan fingerprint density at radius 2 is 1.57 bits per heavy atom. The summed E-state index contributed by atoms with van der Waals surface area (Å²) in [5.41, 5.74) is 2.76. The molecule has 0 aromatic carbocycles. The van der Waals surface area contributed by atoms with E-state index in [1.165, 1.54) is 30.4 Å². The number of rotatable bonds is 6. The van der Waals surface area contributed by atoms with Gasteiger partial charge in [-0.2, -0.15) is 0 Å². The highest BCUT2D eigenvalue weighted by molar-refractivity contribution is 5.83. The van der Waals surface area contributed by atoms with Crippen LogP contribution in [0, 0.1) is 23.2 Å². The van der Waals surface area contributed by atoms with Crippen LogP contribution in [0.2, 0.25) is 0 Å². The van der Waals surface area contributed by atoms with Crippen LogP contribution in [0.4, 0.5) is 0 Å². The smallest absolute Gasteiger partial charge is 0.226 e. The van der Waals surface area contributed by atoms with Crippen molar-refractivity contribution in [1.29, 1.82) is 0 Å². The largest absolute Gasteiger partial charge is 0.352 e. The molecule has 4 aliphatic rings. The Hall–Kier alpha value is -1.05. The van der Waals surface area contributed by atoms with Gasteiger partial charge in [0.2, 0.25) is 5.91 Å². The van der Waals surface area contributed by atoms with Crippen molar-refractivity contribution in [2.45, 2.75) is 72.1 Å². The van der Waals surface area contributed by atoms with Crippen molar-refractivity contribution in [2.24, 2.45) is 23.2 Å². The maximum absolute atomic E-state index is 12.8. The number of hydrogen-bond acceptors (Lipinski definition) is 1. The molecule has 23 heavy (non-hydrogen) atoms. The van der Waals surface area contributed by atoms with Gasteiger partial charge in [0.05, 0.1) is 0 Å². The molecule has 4 aliphatic carbocycles. The molecular formula is C21H33NO. The SMILES string of the molecule is CC(C)=CCC/C(C)=C/CNC(=O)C12CC3CC(CC(C3)C1)C2. The van der Waals surface area contributed by atoms with Crippen molar-refractivity contribution in [2.75, 3.05) is 6.54 Å². The van der Waals surface area contributed by atoms with Gasteiger partial charge >= 0.3 is 0 Å². The summed E-state index contributed by atoms with van der Waals surface area (Å²) < 4.78 is 0. The van der Waals surface area contributed by atoms with Crippen LogP contribution in [-0.4, -0.2) is 12.5 Å². The van der Waals surface area contributed by atoms with E-state index < -0.39 is 0 Å². The Morgan fingerprint density at radius 3 is 2.09 bits per heavy atom. The predicted octanol–water partition coefficient (Wildman–Crippen LogP) is 5.01. The first-order chi connectivity index (χ1) is 11.0. The Bertz CT molecular complexity index is 475. The van der Waals surface area contributed by atoms with Gasteiger partial charge < -0.3 is 5.32 Å². The fourth-order valence-corrected chi connectivity index (χ4v) is 5.58. The van der Waals surface area contributed by atoms with Gasteiger partial charge in [-0.3, -0.25) is 4.79 Å². The predicted molar refractivity (Wildman–Crippen MR) is 96.0 cm³/mol. The zero-order chi connectivity index (χ0) is 16.4. The van der Waals surface area contributed by atoms with Crippen LogP contribution in [0.15, 0.2) is 23.3 Å². The fraction of sp³-hybridized carbons (Fsp3) is 0.762. The Morgan fingerprint density at radius 1 is 1.00 bits per heavy atom. The third kappa shape index (κ3) is 3.89. The normalized spacial score (nSPS) is 35.3. The highest BCUT2D eigenvalue weighted by Crippen LogP contribution is 2.60. The molecule has 1 amide bonds. The standard InChI is InChI=1S/C21H33NO/c1-15(2)5-4-6-16(3)7-8-22-20(23)21-12-17-9-18(13-21)11-19(10-17)14-21/h5,7,17-19H,4,6,8-14H2,1-3H3,(H,22,23)/b16-7+. The number of amides is 1. The Labute approximate surface area is 141 Å². The summed E-state index contributed by atoms with van der Waals surface area (Å²) in [5, 5.41) is 3.24. The lowest BCUT2D eigenvalue weighted by Gasteiger charge is -2.55. The van der Waals surface area contributed by atoms with Crippen LogP contribution in [0.5, 0.6) is 0 Å². The number of allylic oxidation sites excluding steroid dienone is 3. The minimum atomic E-state index is -0.00143. The van der Waals surface area contributed by atoms with Gasteiger partial charge in [-0.25, -0.2) is 0 Å². The topological polar surface area (TPSA) is 29.1 Å². The molecule has 0 aliphatic heterocycles. The van der Waals surface area contributed by atoms with E-state index in [9.17, 15) is 4.79 Å². The summed E-state index contributed by atoms with van der Waals surface area (Å²) >= 11 is 0. The van der Waals surface area contributed by atoms with Crippen molar-refractivity contribution >= 4 is 5.91 Å². The average molecular weight is 316 g/mol. The van der Waals surface area contributed by atoms with E-state index in [0.717, 1.165) is 49.9 Å². The van der Waals surface area contributed by atoms with E-state index in [4.69, 9.17) is 0 Å². The number of carbonyl (C=O) groups is 1. The van der Waals surface area contributed by atoms with E-state index in [1.54, 1.807) is 0 Å². The summed E-state index contributed by atoms with van der Waals surface area (Å²) in [6.45, 7) is 7.17. The molecule has 4 rings (SSSR count). The minimum absolute atomic E-state index is 0.00143. The van der Waals surface area contributed by atoms with E-state index in [1.807, 2.05) is 0 Å². The molecule has 0 radical (unpaired) electrons. The third-order valence-corrected chi connectivity index (χ3v) is 6.32. The molecule has 4 saturated carbocycles. The number of nitrogens with one attached hydrogen (secondary N) is 1. The Balaban J connectivity index is 1.49. The second-order valence-electron chi connectivity index (χ2n) is 8.78. The van der Waals surface area contributed by atoms with E-state index in [0.29, 0.717) is 12.5 Å². The zero-order valence-corrected chi connectivity index (χ0v) is 15.2. The summed E-state index contributed by atoms with van der Waals surface area (Å²) in [5.74, 6) is 2.87. The molecule has 0 unspecified atom stereocenters. The minimum Gasteiger partial charge on any atom is -0.352 e. The fourth-order valence-electron chi connectivity index (χ4n) is 5.58. The number of carbonyl (C=O) groups excluding carboxylic acids is 1. The van der Waals surface area contributed by atoms with Gasteiger partial charge in [0.15, 0.2) is 0 Å². The maximum atomic E-state index is 12.8. The molecule has 2 heteroatoms. The molecule has 0 heterocycles. The Kier molecular flexibility index (Phi) is 4.98. The molecule has 2 nitrogen and oxygen atoms in total. The lowest BCUT2D eigenvalue weighted by molar-refractivity contribution is -0.146. The molecule has 0 spiro atoms. The van der Waals surface area contributed by atoms with Crippen LogP contribution in [-0.2, 0) is 4.79 Å². The summed E-state index contributed by atoms with van der Waals surface area (Å²) in [4.78, 5) is 12.8. The molecule has 1 N–H and O–H groups in total. The first-order valence-corrected chi connectivity index (χ1v) is 9.54. The van der Waals surface area contributed by atoms with E-state index in [-0.39, 0.29) is 5.41 Å². The van der Waals surface area contributed by atoms with Crippen LogP contribution in [0.25, 0.3) is 0 Å². The van der Waals surface area contributed by atoms with Gasteiger partial charge in [-0.15, -0.1) is 0 Å². The summed E-state index contributed by atoms with van der Waals surface area (Å²) in [6, 6.07) is 0. The van der Waals surface area contributed by atoms with Gasteiger partial charge in [0, 0.05) is 12.0 Å². The highest BCUT2D eigenvalue weighted by Gasteiger charge is 2.54. The zero-order valence-electron chi connectivity index (χ0n) is 15.2. The summed E-state index contributed by atoms with van der Waals surface area (Å²) in [6.07, 6.45) is 14.4. The lowest BCUT2D eigenvalue weighted by Crippen LogP contribution is -2.53. The first kappa shape index (κ1) is 16.8. The van der Waals surface area contributed by atoms with E-state index >= 15 is 0 Å². The first-order valence-electron chi connectivity index (χ1n) is 9.54. The van der Waals surface area contributed by atoms with Crippen molar-refractivity contribution < 1.29 is 4.79 Å². The molecule has 0 aromatic rings. The monoisotopic (exact) mass is 315 g/mol. The van der Waals surface area contributed by atoms with Crippen molar-refractivity contribution in [3.63, 3.8) is 0 Å². The van der Waals surface area contributed by atoms with Gasteiger partial charge in [0.1, 0.15) is 0 Å². The van der Waals surface area contributed by atoms with Crippen LogP contribution >= 0.6 is 0 Å². The van der Waals surface area contributed by atoms with Crippen LogP contribution in [0.3, 0.4) is 0 Å². The molecule has 0 saturated heterocycles. The van der Waals surface area contributed by atoms with Crippen molar-refractivity contribution in [3.8, 4) is 0 Å². The lowest BCUT2D eigenvalue weighted by atomic mass is 9.49. The summed E-state index contributed by atoms with van der Waals surface area (Å²) in [7, 11) is 0. The second-order valence-corrected chi connectivity index (χ2v) is 8.78. The van der Waals surface area contributed by atoms with Gasteiger partial charge in [-0.1, -0.05) is 23.3 Å². The molecule has 0 aromatic heterocycles. The molecule has 4 bridgehead atoms. The molecule has 0 atom stereocenters. The maximum Gasteiger partial charge on any atom is 0.226 e. The van der Waals surface area contributed by atoms with Crippen LogP contribution in [0.1, 0.15) is 72.1 Å². The average Bonchev–Trinajstić information content (AvgIpc) is 2.45. The molecular weight excluding hydrogens is 282 g/mol. The second kappa shape index (κ2) is 6.83. The van der Waals surface area contributed by atoms with Crippen molar-refractivity contribution in [3.05, 3.63) is 23.3 Å². The molecule has 4 fully saturated rings. The number of hydrogen-bond donors (Lipinski definition) is 1. The quantitative estimate of drug-likeness (QED) is 0.686. The van der Waals surface area contributed by atoms with Gasteiger partial charge in [-0.05, 0) is 89.9 Å².